The third-order valence-corrected chi connectivity index (χ3v) is 5.47. The Hall–Kier alpha value is -1.17. The van der Waals surface area contributed by atoms with E-state index in [1.165, 1.54) is 22.5 Å². The standard InChI is InChI=1S/C12H13ClN2O4S/c13-11-5-9(6-14)1-2-12(11)20(17,18)15-3-4-19-8-10(15)7-16/h1-2,5,10,16H,3-4,7-8H2. The van der Waals surface area contributed by atoms with Gasteiger partial charge >= 0.3 is 0 Å². The summed E-state index contributed by atoms with van der Waals surface area (Å²) in [6, 6.07) is 5.28. The predicted molar refractivity (Wildman–Crippen MR) is 71.8 cm³/mol. The van der Waals surface area contributed by atoms with Crippen molar-refractivity contribution in [3.63, 3.8) is 0 Å². The molecule has 1 atom stereocenters. The fourth-order valence-corrected chi connectivity index (χ4v) is 4.11. The van der Waals surface area contributed by atoms with Crippen LogP contribution in [0.25, 0.3) is 0 Å². The summed E-state index contributed by atoms with van der Waals surface area (Å²) in [7, 11) is -3.83. The Morgan fingerprint density at radius 2 is 2.30 bits per heavy atom. The second-order valence-electron chi connectivity index (χ2n) is 4.28. The van der Waals surface area contributed by atoms with Gasteiger partial charge in [-0.05, 0) is 18.2 Å². The van der Waals surface area contributed by atoms with E-state index in [1.807, 2.05) is 6.07 Å². The van der Waals surface area contributed by atoms with Crippen LogP contribution in [0.1, 0.15) is 5.56 Å². The van der Waals surface area contributed by atoms with E-state index in [2.05, 4.69) is 0 Å². The van der Waals surface area contributed by atoms with E-state index in [1.54, 1.807) is 0 Å². The smallest absolute Gasteiger partial charge is 0.245 e. The predicted octanol–water partition coefficient (Wildman–Crippen LogP) is 0.593. The quantitative estimate of drug-likeness (QED) is 0.881. The number of nitrogens with zero attached hydrogens (tertiary/aromatic N) is 2. The van der Waals surface area contributed by atoms with Crippen LogP contribution in [0.15, 0.2) is 23.1 Å². The second kappa shape index (κ2) is 6.08. The molecule has 1 heterocycles. The lowest BCUT2D eigenvalue weighted by Gasteiger charge is -2.33. The molecule has 0 spiro atoms. The number of benzene rings is 1. The molecule has 1 unspecified atom stereocenters. The van der Waals surface area contributed by atoms with Gasteiger partial charge in [0.05, 0.1) is 42.5 Å². The highest BCUT2D eigenvalue weighted by atomic mass is 35.5. The lowest BCUT2D eigenvalue weighted by atomic mass is 10.2. The molecule has 0 amide bonds. The summed E-state index contributed by atoms with van der Waals surface area (Å²) in [5.41, 5.74) is 0.287. The number of hydrogen-bond donors (Lipinski definition) is 1. The van der Waals surface area contributed by atoms with Crippen molar-refractivity contribution in [3.05, 3.63) is 28.8 Å². The van der Waals surface area contributed by atoms with Gasteiger partial charge in [-0.25, -0.2) is 8.42 Å². The Morgan fingerprint density at radius 3 is 2.90 bits per heavy atom. The number of halogens is 1. The SMILES string of the molecule is N#Cc1ccc(S(=O)(=O)N2CCOCC2CO)c(Cl)c1. The van der Waals surface area contributed by atoms with Gasteiger partial charge in [0.2, 0.25) is 10.0 Å². The average Bonchev–Trinajstić information content (AvgIpc) is 2.46. The minimum atomic E-state index is -3.83. The summed E-state index contributed by atoms with van der Waals surface area (Å²) in [4.78, 5) is -0.0708. The minimum Gasteiger partial charge on any atom is -0.395 e. The van der Waals surface area contributed by atoms with Crippen molar-refractivity contribution < 1.29 is 18.3 Å². The van der Waals surface area contributed by atoms with Gasteiger partial charge in [0.1, 0.15) is 4.90 Å². The number of ether oxygens (including phenoxy) is 1. The van der Waals surface area contributed by atoms with Crippen molar-refractivity contribution in [3.8, 4) is 6.07 Å². The molecule has 2 rings (SSSR count). The van der Waals surface area contributed by atoms with Crippen LogP contribution in [0.2, 0.25) is 5.02 Å². The van der Waals surface area contributed by atoms with E-state index < -0.39 is 16.1 Å². The van der Waals surface area contributed by atoms with Crippen LogP contribution < -0.4 is 0 Å². The van der Waals surface area contributed by atoms with Gasteiger partial charge in [-0.3, -0.25) is 0 Å². The zero-order valence-corrected chi connectivity index (χ0v) is 12.1. The summed E-state index contributed by atoms with van der Waals surface area (Å²) in [6.07, 6.45) is 0. The zero-order chi connectivity index (χ0) is 14.8. The van der Waals surface area contributed by atoms with E-state index in [4.69, 9.17) is 21.6 Å². The van der Waals surface area contributed by atoms with Crippen LogP contribution in [-0.4, -0.2) is 50.2 Å². The Bertz CT molecular complexity index is 641. The topological polar surface area (TPSA) is 90.6 Å². The highest BCUT2D eigenvalue weighted by molar-refractivity contribution is 7.89. The van der Waals surface area contributed by atoms with Gasteiger partial charge in [-0.2, -0.15) is 9.57 Å². The van der Waals surface area contributed by atoms with Crippen LogP contribution >= 0.6 is 11.6 Å². The van der Waals surface area contributed by atoms with E-state index in [-0.39, 0.29) is 41.8 Å². The van der Waals surface area contributed by atoms with Crippen molar-refractivity contribution in [2.45, 2.75) is 10.9 Å². The zero-order valence-electron chi connectivity index (χ0n) is 10.5. The molecular formula is C12H13ClN2O4S. The van der Waals surface area contributed by atoms with E-state index in [9.17, 15) is 13.5 Å². The minimum absolute atomic E-state index is 0.00719. The molecule has 1 aliphatic rings. The van der Waals surface area contributed by atoms with Crippen LogP contribution in [0.5, 0.6) is 0 Å². The first-order chi connectivity index (χ1) is 9.50. The van der Waals surface area contributed by atoms with Crippen LogP contribution in [0.3, 0.4) is 0 Å². The van der Waals surface area contributed by atoms with Gasteiger partial charge in [0, 0.05) is 6.54 Å². The number of aliphatic hydroxyl groups excluding tert-OH is 1. The first-order valence-electron chi connectivity index (χ1n) is 5.91. The first-order valence-corrected chi connectivity index (χ1v) is 7.72. The molecular weight excluding hydrogens is 304 g/mol. The molecule has 6 nitrogen and oxygen atoms in total. The molecule has 0 bridgehead atoms. The molecule has 0 aromatic heterocycles. The van der Waals surface area contributed by atoms with E-state index in [0.29, 0.717) is 0 Å². The molecule has 0 radical (unpaired) electrons. The molecule has 1 saturated heterocycles. The van der Waals surface area contributed by atoms with Crippen LogP contribution in [0.4, 0.5) is 0 Å². The number of morpholine rings is 1. The Kier molecular flexibility index (Phi) is 4.62. The van der Waals surface area contributed by atoms with E-state index >= 15 is 0 Å². The molecule has 1 aliphatic heterocycles. The van der Waals surface area contributed by atoms with Crippen molar-refractivity contribution >= 4 is 21.6 Å². The van der Waals surface area contributed by atoms with Crippen LogP contribution in [-0.2, 0) is 14.8 Å². The van der Waals surface area contributed by atoms with Crippen molar-refractivity contribution in [2.24, 2.45) is 0 Å². The molecule has 1 aromatic rings. The Morgan fingerprint density at radius 1 is 1.55 bits per heavy atom. The lowest BCUT2D eigenvalue weighted by molar-refractivity contribution is 0.0109. The largest absolute Gasteiger partial charge is 0.395 e. The summed E-state index contributed by atoms with van der Waals surface area (Å²) in [5.74, 6) is 0. The third-order valence-electron chi connectivity index (χ3n) is 3.03. The molecule has 0 aliphatic carbocycles. The summed E-state index contributed by atoms with van der Waals surface area (Å²) < 4.78 is 31.5. The Balaban J connectivity index is 2.42. The maximum absolute atomic E-state index is 12.6. The van der Waals surface area contributed by atoms with E-state index in [0.717, 1.165) is 0 Å². The molecule has 0 saturated carbocycles. The summed E-state index contributed by atoms with van der Waals surface area (Å²) in [5, 5.41) is 18.0. The molecule has 8 heteroatoms. The lowest BCUT2D eigenvalue weighted by Crippen LogP contribution is -2.50. The molecule has 1 fully saturated rings. The Labute approximate surface area is 122 Å². The normalized spacial score (nSPS) is 20.6. The number of sulfonamides is 1. The molecule has 20 heavy (non-hydrogen) atoms. The molecule has 1 N–H and O–H groups in total. The molecule has 108 valence electrons. The number of hydrogen-bond acceptors (Lipinski definition) is 5. The van der Waals surface area contributed by atoms with Gasteiger partial charge in [0.25, 0.3) is 0 Å². The van der Waals surface area contributed by atoms with Gasteiger partial charge in [-0.1, -0.05) is 11.6 Å². The average molecular weight is 317 g/mol. The monoisotopic (exact) mass is 316 g/mol. The fraction of sp³-hybridized carbons (Fsp3) is 0.417. The highest BCUT2D eigenvalue weighted by Gasteiger charge is 2.34. The van der Waals surface area contributed by atoms with Crippen molar-refractivity contribution in [2.75, 3.05) is 26.4 Å². The van der Waals surface area contributed by atoms with Crippen LogP contribution in [0, 0.1) is 11.3 Å². The highest BCUT2D eigenvalue weighted by Crippen LogP contribution is 2.27. The maximum Gasteiger partial charge on any atom is 0.245 e. The second-order valence-corrected chi connectivity index (χ2v) is 6.55. The summed E-state index contributed by atoms with van der Waals surface area (Å²) >= 11 is 5.95. The molecule has 1 aromatic carbocycles. The fourth-order valence-electron chi connectivity index (χ4n) is 2.01. The maximum atomic E-state index is 12.6. The van der Waals surface area contributed by atoms with Crippen molar-refractivity contribution in [1.82, 2.24) is 4.31 Å². The number of aliphatic hydroxyl groups is 1. The van der Waals surface area contributed by atoms with Crippen molar-refractivity contribution in [1.29, 1.82) is 5.26 Å². The summed E-state index contributed by atoms with van der Waals surface area (Å²) in [6.45, 7) is 0.240. The van der Waals surface area contributed by atoms with Gasteiger partial charge in [-0.15, -0.1) is 0 Å². The van der Waals surface area contributed by atoms with Gasteiger partial charge in [0.15, 0.2) is 0 Å². The third kappa shape index (κ3) is 2.80. The first kappa shape index (κ1) is 15.2. The number of nitriles is 1. The number of rotatable bonds is 3. The van der Waals surface area contributed by atoms with Gasteiger partial charge < -0.3 is 9.84 Å².